The molecule has 0 aliphatic rings. The Balaban J connectivity index is 1.64. The molecule has 0 spiro atoms. The normalized spacial score (nSPS) is 10.7. The fraction of sp³-hybridized carbons (Fsp3) is 0.250. The van der Waals surface area contributed by atoms with Crippen molar-refractivity contribution in [1.29, 1.82) is 0 Å². The Bertz CT molecular complexity index is 790. The Morgan fingerprint density at radius 1 is 1.36 bits per heavy atom. The summed E-state index contributed by atoms with van der Waals surface area (Å²) in [5.74, 6) is 0.641. The highest BCUT2D eigenvalue weighted by atomic mass is 32.1. The van der Waals surface area contributed by atoms with Crippen LogP contribution in [0.3, 0.4) is 0 Å². The zero-order valence-electron chi connectivity index (χ0n) is 13.3. The standard InChI is InChI=1S/C16H16N4O4S/c21-16(5-6-19-10-13(9-17-19)20(22)23)18(11-14-3-1-7-24-14)12-15-4-2-8-25-15/h1-4,7-10H,5-6,11-12H2. The molecular formula is C16H16N4O4S. The van der Waals surface area contributed by atoms with E-state index < -0.39 is 4.92 Å². The van der Waals surface area contributed by atoms with Crippen LogP contribution < -0.4 is 0 Å². The second kappa shape index (κ2) is 7.75. The zero-order valence-corrected chi connectivity index (χ0v) is 14.1. The quantitative estimate of drug-likeness (QED) is 0.454. The number of hydrogen-bond donors (Lipinski definition) is 0. The van der Waals surface area contributed by atoms with Crippen LogP contribution in [-0.2, 0) is 24.4 Å². The molecule has 0 atom stereocenters. The molecule has 0 aliphatic heterocycles. The molecule has 25 heavy (non-hydrogen) atoms. The van der Waals surface area contributed by atoms with Gasteiger partial charge in [-0.25, -0.2) is 0 Å². The van der Waals surface area contributed by atoms with Gasteiger partial charge in [0.1, 0.15) is 18.2 Å². The number of nitrogens with zero attached hydrogens (tertiary/aromatic N) is 4. The summed E-state index contributed by atoms with van der Waals surface area (Å²) in [7, 11) is 0. The van der Waals surface area contributed by atoms with Crippen molar-refractivity contribution < 1.29 is 14.1 Å². The van der Waals surface area contributed by atoms with E-state index in [4.69, 9.17) is 4.42 Å². The molecule has 3 aromatic rings. The molecule has 3 rings (SSSR count). The van der Waals surface area contributed by atoms with Crippen LogP contribution in [0.5, 0.6) is 0 Å². The maximum absolute atomic E-state index is 12.6. The third kappa shape index (κ3) is 4.54. The maximum Gasteiger partial charge on any atom is 0.306 e. The lowest BCUT2D eigenvalue weighted by molar-refractivity contribution is -0.385. The van der Waals surface area contributed by atoms with Gasteiger partial charge >= 0.3 is 5.69 Å². The fourth-order valence-corrected chi connectivity index (χ4v) is 3.07. The molecule has 9 heteroatoms. The number of nitro groups is 1. The van der Waals surface area contributed by atoms with Gasteiger partial charge in [0, 0.05) is 17.8 Å². The molecule has 8 nitrogen and oxygen atoms in total. The van der Waals surface area contributed by atoms with E-state index in [0.29, 0.717) is 18.8 Å². The highest BCUT2D eigenvalue weighted by molar-refractivity contribution is 7.09. The third-order valence-electron chi connectivity index (χ3n) is 3.59. The summed E-state index contributed by atoms with van der Waals surface area (Å²) in [4.78, 5) is 25.6. The second-order valence-corrected chi connectivity index (χ2v) is 6.41. The molecule has 3 heterocycles. The van der Waals surface area contributed by atoms with E-state index >= 15 is 0 Å². The summed E-state index contributed by atoms with van der Waals surface area (Å²) in [6.45, 7) is 1.16. The van der Waals surface area contributed by atoms with Gasteiger partial charge in [-0.1, -0.05) is 6.07 Å². The first-order valence-corrected chi connectivity index (χ1v) is 8.49. The van der Waals surface area contributed by atoms with Crippen molar-refractivity contribution in [2.45, 2.75) is 26.1 Å². The molecule has 1 amide bonds. The summed E-state index contributed by atoms with van der Waals surface area (Å²) in [6, 6.07) is 7.53. The Labute approximate surface area is 147 Å². The lowest BCUT2D eigenvalue weighted by Crippen LogP contribution is -2.30. The van der Waals surface area contributed by atoms with Crippen LogP contribution in [0.25, 0.3) is 0 Å². The van der Waals surface area contributed by atoms with Crippen LogP contribution in [0.1, 0.15) is 17.1 Å². The van der Waals surface area contributed by atoms with Crippen molar-refractivity contribution in [2.75, 3.05) is 0 Å². The molecule has 0 radical (unpaired) electrons. The third-order valence-corrected chi connectivity index (χ3v) is 4.45. The van der Waals surface area contributed by atoms with Crippen molar-refractivity contribution in [3.8, 4) is 0 Å². The number of thiophene rings is 1. The topological polar surface area (TPSA) is 94.4 Å². The fourth-order valence-electron chi connectivity index (χ4n) is 2.35. The van der Waals surface area contributed by atoms with E-state index in [1.807, 2.05) is 23.6 Å². The molecule has 0 aliphatic carbocycles. The van der Waals surface area contributed by atoms with Crippen LogP contribution in [0, 0.1) is 10.1 Å². The first kappa shape index (κ1) is 16.9. The predicted octanol–water partition coefficient (Wildman–Crippen LogP) is 3.06. The van der Waals surface area contributed by atoms with Crippen molar-refractivity contribution in [2.24, 2.45) is 0 Å². The van der Waals surface area contributed by atoms with Gasteiger partial charge in [0.25, 0.3) is 0 Å². The van der Waals surface area contributed by atoms with Crippen molar-refractivity contribution in [3.63, 3.8) is 0 Å². The lowest BCUT2D eigenvalue weighted by atomic mass is 10.3. The monoisotopic (exact) mass is 360 g/mol. The van der Waals surface area contributed by atoms with E-state index in [1.54, 1.807) is 28.6 Å². The summed E-state index contributed by atoms with van der Waals surface area (Å²) in [6.07, 6.45) is 4.27. The second-order valence-electron chi connectivity index (χ2n) is 5.38. The average Bonchev–Trinajstić information content (AvgIpc) is 3.34. The molecule has 130 valence electrons. The van der Waals surface area contributed by atoms with Gasteiger partial charge in [0.05, 0.1) is 24.3 Å². The Morgan fingerprint density at radius 3 is 2.88 bits per heavy atom. The number of aryl methyl sites for hydroxylation is 1. The summed E-state index contributed by atoms with van der Waals surface area (Å²) in [5.41, 5.74) is -0.0847. The molecule has 0 aromatic carbocycles. The minimum absolute atomic E-state index is 0.0667. The van der Waals surface area contributed by atoms with E-state index in [2.05, 4.69) is 5.10 Å². The molecule has 0 N–H and O–H groups in total. The minimum Gasteiger partial charge on any atom is -0.467 e. The number of hydrogen-bond acceptors (Lipinski definition) is 6. The van der Waals surface area contributed by atoms with Crippen LogP contribution in [0.2, 0.25) is 0 Å². The number of carbonyl (C=O) groups is 1. The molecule has 0 saturated carbocycles. The summed E-state index contributed by atoms with van der Waals surface area (Å²) in [5, 5.41) is 16.6. The maximum atomic E-state index is 12.6. The summed E-state index contributed by atoms with van der Waals surface area (Å²) < 4.78 is 6.75. The van der Waals surface area contributed by atoms with Gasteiger partial charge in [-0.05, 0) is 23.6 Å². The van der Waals surface area contributed by atoms with Gasteiger partial charge in [0.2, 0.25) is 5.91 Å². The Hall–Kier alpha value is -2.94. The minimum atomic E-state index is -0.509. The highest BCUT2D eigenvalue weighted by Gasteiger charge is 2.17. The largest absolute Gasteiger partial charge is 0.467 e. The van der Waals surface area contributed by atoms with E-state index in [9.17, 15) is 14.9 Å². The van der Waals surface area contributed by atoms with E-state index in [0.717, 1.165) is 4.88 Å². The predicted molar refractivity (Wildman–Crippen MR) is 90.8 cm³/mol. The first-order chi connectivity index (χ1) is 12.1. The average molecular weight is 360 g/mol. The number of carbonyl (C=O) groups excluding carboxylic acids is 1. The molecule has 0 fully saturated rings. The van der Waals surface area contributed by atoms with E-state index in [-0.39, 0.29) is 24.6 Å². The number of furan rings is 1. The summed E-state index contributed by atoms with van der Waals surface area (Å²) >= 11 is 1.59. The Kier molecular flexibility index (Phi) is 5.24. The van der Waals surface area contributed by atoms with Crippen LogP contribution in [0.15, 0.2) is 52.7 Å². The SMILES string of the molecule is O=C(CCn1cc([N+](=O)[O-])cn1)N(Cc1ccco1)Cc1cccs1. The van der Waals surface area contributed by atoms with Crippen molar-refractivity contribution in [3.05, 3.63) is 69.1 Å². The van der Waals surface area contributed by atoms with Gasteiger partial charge in [0.15, 0.2) is 0 Å². The number of rotatable bonds is 8. The molecular weight excluding hydrogens is 344 g/mol. The first-order valence-electron chi connectivity index (χ1n) is 7.61. The van der Waals surface area contributed by atoms with Crippen LogP contribution in [-0.4, -0.2) is 25.5 Å². The van der Waals surface area contributed by atoms with Crippen LogP contribution >= 0.6 is 11.3 Å². The van der Waals surface area contributed by atoms with Gasteiger partial charge in [-0.2, -0.15) is 5.10 Å². The smallest absolute Gasteiger partial charge is 0.306 e. The molecule has 3 aromatic heterocycles. The molecule has 0 saturated heterocycles. The lowest BCUT2D eigenvalue weighted by Gasteiger charge is -2.21. The van der Waals surface area contributed by atoms with Crippen molar-refractivity contribution in [1.82, 2.24) is 14.7 Å². The van der Waals surface area contributed by atoms with E-state index in [1.165, 1.54) is 17.1 Å². The van der Waals surface area contributed by atoms with Gasteiger partial charge in [-0.3, -0.25) is 19.6 Å². The number of amides is 1. The van der Waals surface area contributed by atoms with Crippen LogP contribution in [0.4, 0.5) is 5.69 Å². The molecule has 0 unspecified atom stereocenters. The Morgan fingerprint density at radius 2 is 2.24 bits per heavy atom. The number of aromatic nitrogens is 2. The highest BCUT2D eigenvalue weighted by Crippen LogP contribution is 2.16. The van der Waals surface area contributed by atoms with Gasteiger partial charge < -0.3 is 9.32 Å². The van der Waals surface area contributed by atoms with Gasteiger partial charge in [-0.15, -0.1) is 11.3 Å². The molecule has 0 bridgehead atoms. The zero-order chi connectivity index (χ0) is 17.6. The van der Waals surface area contributed by atoms with Crippen molar-refractivity contribution >= 4 is 22.9 Å².